The minimum atomic E-state index is -0.113. The third-order valence-electron chi connectivity index (χ3n) is 3.61. The van der Waals surface area contributed by atoms with E-state index < -0.39 is 0 Å². The molecule has 0 aliphatic heterocycles. The van der Waals surface area contributed by atoms with E-state index in [0.717, 1.165) is 25.1 Å². The fourth-order valence-corrected chi connectivity index (χ4v) is 2.26. The highest BCUT2D eigenvalue weighted by Crippen LogP contribution is 2.23. The Labute approximate surface area is 118 Å². The van der Waals surface area contributed by atoms with Crippen molar-refractivity contribution in [2.75, 3.05) is 13.1 Å². The first kappa shape index (κ1) is 15.7. The summed E-state index contributed by atoms with van der Waals surface area (Å²) in [5.74, 6) is 0.539. The molecule has 0 fully saturated rings. The van der Waals surface area contributed by atoms with Gasteiger partial charge in [0.25, 0.3) is 0 Å². The average Bonchev–Trinajstić information content (AvgIpc) is 2.43. The van der Waals surface area contributed by atoms with E-state index in [-0.39, 0.29) is 6.04 Å². The Morgan fingerprint density at radius 1 is 1.11 bits per heavy atom. The highest BCUT2D eigenvalue weighted by molar-refractivity contribution is 5.29. The molecule has 19 heavy (non-hydrogen) atoms. The molecule has 0 saturated carbocycles. The fraction of sp³-hybridized carbons (Fsp3) is 0.588. The van der Waals surface area contributed by atoms with Crippen LogP contribution < -0.4 is 0 Å². The Morgan fingerprint density at radius 3 is 2.11 bits per heavy atom. The van der Waals surface area contributed by atoms with E-state index in [9.17, 15) is 5.26 Å². The number of nitriles is 1. The molecule has 1 unspecified atom stereocenters. The number of benzene rings is 1. The molecule has 1 rings (SSSR count). The second-order valence-electron chi connectivity index (χ2n) is 5.34. The van der Waals surface area contributed by atoms with Crippen molar-refractivity contribution < 1.29 is 0 Å². The minimum Gasteiger partial charge on any atom is -0.285 e. The predicted molar refractivity (Wildman–Crippen MR) is 81.0 cm³/mol. The van der Waals surface area contributed by atoms with Gasteiger partial charge in [0.2, 0.25) is 0 Å². The lowest BCUT2D eigenvalue weighted by atomic mass is 9.99. The smallest absolute Gasteiger partial charge is 0.123 e. The first-order valence-corrected chi connectivity index (χ1v) is 7.37. The van der Waals surface area contributed by atoms with Crippen LogP contribution in [-0.4, -0.2) is 18.0 Å². The molecule has 1 atom stereocenters. The molecular formula is C17H26N2. The molecule has 0 radical (unpaired) electrons. The molecule has 0 aliphatic carbocycles. The standard InChI is InChI=1S/C17H26N2/c1-5-7-12-19(6-2)17(13-18)16-10-8-15(9-11-16)14(3)4/h8-11,14,17H,5-7,12H2,1-4H3. The van der Waals surface area contributed by atoms with Gasteiger partial charge < -0.3 is 0 Å². The number of unbranched alkanes of at least 4 members (excludes halogenated alkanes) is 1. The van der Waals surface area contributed by atoms with Crippen LogP contribution in [-0.2, 0) is 0 Å². The van der Waals surface area contributed by atoms with E-state index in [0.29, 0.717) is 5.92 Å². The van der Waals surface area contributed by atoms with Crippen molar-refractivity contribution in [3.8, 4) is 6.07 Å². The Balaban J connectivity index is 2.86. The maximum absolute atomic E-state index is 9.47. The van der Waals surface area contributed by atoms with Gasteiger partial charge in [-0.1, -0.05) is 58.4 Å². The van der Waals surface area contributed by atoms with Gasteiger partial charge in [0, 0.05) is 0 Å². The van der Waals surface area contributed by atoms with Gasteiger partial charge in [0.1, 0.15) is 6.04 Å². The number of hydrogen-bond acceptors (Lipinski definition) is 2. The quantitative estimate of drug-likeness (QED) is 0.720. The van der Waals surface area contributed by atoms with Gasteiger partial charge in [0.15, 0.2) is 0 Å². The van der Waals surface area contributed by atoms with Crippen LogP contribution in [0.15, 0.2) is 24.3 Å². The van der Waals surface area contributed by atoms with Crippen molar-refractivity contribution in [3.63, 3.8) is 0 Å². The molecule has 1 aromatic carbocycles. The molecule has 0 aromatic heterocycles. The molecule has 0 bridgehead atoms. The van der Waals surface area contributed by atoms with Crippen molar-refractivity contribution in [1.29, 1.82) is 5.26 Å². The lowest BCUT2D eigenvalue weighted by molar-refractivity contribution is 0.244. The summed E-state index contributed by atoms with van der Waals surface area (Å²) in [4.78, 5) is 2.26. The zero-order valence-electron chi connectivity index (χ0n) is 12.7. The van der Waals surface area contributed by atoms with Gasteiger partial charge in [0.05, 0.1) is 6.07 Å². The molecule has 1 aromatic rings. The van der Waals surface area contributed by atoms with Gasteiger partial charge in [-0.3, -0.25) is 4.90 Å². The lowest BCUT2D eigenvalue weighted by Gasteiger charge is -2.26. The van der Waals surface area contributed by atoms with Gasteiger partial charge >= 0.3 is 0 Å². The second-order valence-corrected chi connectivity index (χ2v) is 5.34. The van der Waals surface area contributed by atoms with Crippen LogP contribution in [0, 0.1) is 11.3 Å². The summed E-state index contributed by atoms with van der Waals surface area (Å²) in [6.07, 6.45) is 2.32. The number of nitrogens with zero attached hydrogens (tertiary/aromatic N) is 2. The van der Waals surface area contributed by atoms with E-state index in [1.807, 2.05) is 0 Å². The molecule has 0 amide bonds. The Morgan fingerprint density at radius 2 is 1.68 bits per heavy atom. The van der Waals surface area contributed by atoms with Crippen molar-refractivity contribution >= 4 is 0 Å². The van der Waals surface area contributed by atoms with Crippen molar-refractivity contribution in [1.82, 2.24) is 4.90 Å². The Bertz CT molecular complexity index is 400. The maximum atomic E-state index is 9.47. The zero-order valence-corrected chi connectivity index (χ0v) is 12.7. The summed E-state index contributed by atoms with van der Waals surface area (Å²) >= 11 is 0. The molecule has 0 saturated heterocycles. The number of rotatable bonds is 7. The Kier molecular flexibility index (Phi) is 6.59. The molecular weight excluding hydrogens is 232 g/mol. The van der Waals surface area contributed by atoms with E-state index in [1.54, 1.807) is 0 Å². The summed E-state index contributed by atoms with van der Waals surface area (Å²) in [6.45, 7) is 10.6. The maximum Gasteiger partial charge on any atom is 0.123 e. The minimum absolute atomic E-state index is 0.113. The molecule has 104 valence electrons. The van der Waals surface area contributed by atoms with Gasteiger partial charge in [-0.25, -0.2) is 0 Å². The number of hydrogen-bond donors (Lipinski definition) is 0. The third kappa shape index (κ3) is 4.36. The predicted octanol–water partition coefficient (Wildman–Crippen LogP) is 4.50. The van der Waals surface area contributed by atoms with Crippen molar-refractivity contribution in [2.45, 2.75) is 52.5 Å². The van der Waals surface area contributed by atoms with E-state index in [2.05, 4.69) is 62.9 Å². The highest BCUT2D eigenvalue weighted by Gasteiger charge is 2.18. The van der Waals surface area contributed by atoms with E-state index in [1.165, 1.54) is 12.0 Å². The molecule has 0 heterocycles. The SMILES string of the molecule is CCCCN(CC)C(C#N)c1ccc(C(C)C)cc1. The summed E-state index contributed by atoms with van der Waals surface area (Å²) in [5, 5.41) is 9.47. The normalized spacial score (nSPS) is 12.7. The summed E-state index contributed by atoms with van der Waals surface area (Å²) in [7, 11) is 0. The topological polar surface area (TPSA) is 27.0 Å². The van der Waals surface area contributed by atoms with Crippen LogP contribution in [0.5, 0.6) is 0 Å². The van der Waals surface area contributed by atoms with Crippen molar-refractivity contribution in [2.24, 2.45) is 0 Å². The summed E-state index contributed by atoms with van der Waals surface area (Å²) < 4.78 is 0. The summed E-state index contributed by atoms with van der Waals surface area (Å²) in [6, 6.07) is 10.9. The van der Waals surface area contributed by atoms with Crippen LogP contribution in [0.3, 0.4) is 0 Å². The van der Waals surface area contributed by atoms with Crippen LogP contribution >= 0.6 is 0 Å². The van der Waals surface area contributed by atoms with Gasteiger partial charge in [-0.15, -0.1) is 0 Å². The monoisotopic (exact) mass is 258 g/mol. The van der Waals surface area contributed by atoms with Crippen LogP contribution in [0.2, 0.25) is 0 Å². The average molecular weight is 258 g/mol. The van der Waals surface area contributed by atoms with Crippen LogP contribution in [0.25, 0.3) is 0 Å². The molecule has 2 nitrogen and oxygen atoms in total. The first-order valence-electron chi connectivity index (χ1n) is 7.37. The lowest BCUT2D eigenvalue weighted by Crippen LogP contribution is -2.28. The van der Waals surface area contributed by atoms with Crippen LogP contribution in [0.1, 0.15) is 63.6 Å². The first-order chi connectivity index (χ1) is 9.13. The Hall–Kier alpha value is -1.33. The summed E-state index contributed by atoms with van der Waals surface area (Å²) in [5.41, 5.74) is 2.45. The largest absolute Gasteiger partial charge is 0.285 e. The second kappa shape index (κ2) is 7.96. The zero-order chi connectivity index (χ0) is 14.3. The molecule has 0 N–H and O–H groups in total. The molecule has 0 aliphatic rings. The van der Waals surface area contributed by atoms with E-state index >= 15 is 0 Å². The van der Waals surface area contributed by atoms with E-state index in [4.69, 9.17) is 0 Å². The molecule has 2 heteroatoms. The highest BCUT2D eigenvalue weighted by atomic mass is 15.1. The van der Waals surface area contributed by atoms with Gasteiger partial charge in [-0.2, -0.15) is 5.26 Å². The van der Waals surface area contributed by atoms with Crippen LogP contribution in [0.4, 0.5) is 0 Å². The fourth-order valence-electron chi connectivity index (χ4n) is 2.26. The van der Waals surface area contributed by atoms with Crippen molar-refractivity contribution in [3.05, 3.63) is 35.4 Å². The third-order valence-corrected chi connectivity index (χ3v) is 3.61. The molecule has 0 spiro atoms. The van der Waals surface area contributed by atoms with Gasteiger partial charge in [-0.05, 0) is 36.6 Å².